The molecule has 2 amide bonds. The van der Waals surface area contributed by atoms with Gasteiger partial charge in [0.1, 0.15) is 5.60 Å². The molecule has 0 aromatic heterocycles. The summed E-state index contributed by atoms with van der Waals surface area (Å²) in [5.74, 6) is -0.529. The van der Waals surface area contributed by atoms with Crippen molar-refractivity contribution in [2.45, 2.75) is 32.7 Å². The number of aliphatic hydroxyl groups excluding tert-OH is 1. The predicted octanol–water partition coefficient (Wildman–Crippen LogP) is -1.06. The highest BCUT2D eigenvalue weighted by molar-refractivity contribution is 5.82. The van der Waals surface area contributed by atoms with E-state index >= 15 is 0 Å². The molecule has 0 heterocycles. The summed E-state index contributed by atoms with van der Waals surface area (Å²) in [7, 11) is 0. The maximum Gasteiger partial charge on any atom is 0.408 e. The number of carbonyl (C=O) groups excluding carboxylic acids is 2. The van der Waals surface area contributed by atoms with Crippen LogP contribution in [0.3, 0.4) is 0 Å². The van der Waals surface area contributed by atoms with E-state index in [4.69, 9.17) is 14.9 Å². The highest BCUT2D eigenvalue weighted by atomic mass is 16.6. The number of aliphatic hydroxyl groups is 2. The first-order valence-electron chi connectivity index (χ1n) is 4.80. The molecule has 0 aliphatic heterocycles. The molecule has 0 saturated heterocycles. The minimum atomic E-state index is -1.61. The topological polar surface area (TPSA) is 108 Å². The van der Waals surface area contributed by atoms with E-state index in [0.29, 0.717) is 0 Å². The largest absolute Gasteiger partial charge is 0.444 e. The Morgan fingerprint density at radius 3 is 2.25 bits per heavy atom. The number of amides is 2. The van der Waals surface area contributed by atoms with Crippen molar-refractivity contribution < 1.29 is 24.5 Å². The number of carbonyl (C=O) groups is 2. The van der Waals surface area contributed by atoms with E-state index in [-0.39, 0.29) is 13.1 Å². The highest BCUT2D eigenvalue weighted by Gasteiger charge is 2.16. The van der Waals surface area contributed by atoms with E-state index in [2.05, 4.69) is 10.6 Å². The molecule has 4 N–H and O–H groups in total. The van der Waals surface area contributed by atoms with E-state index in [1.165, 1.54) is 0 Å². The molecule has 0 unspecified atom stereocenters. The van der Waals surface area contributed by atoms with Gasteiger partial charge in [0.05, 0.1) is 13.1 Å². The van der Waals surface area contributed by atoms with Gasteiger partial charge in [0.15, 0.2) is 6.29 Å². The molecule has 0 saturated carbocycles. The van der Waals surface area contributed by atoms with Crippen LogP contribution in [0.4, 0.5) is 4.79 Å². The van der Waals surface area contributed by atoms with Gasteiger partial charge in [-0.2, -0.15) is 0 Å². The van der Waals surface area contributed by atoms with Crippen LogP contribution in [0.25, 0.3) is 0 Å². The van der Waals surface area contributed by atoms with Crippen molar-refractivity contribution in [2.75, 3.05) is 13.1 Å². The van der Waals surface area contributed by atoms with Crippen LogP contribution in [0.1, 0.15) is 20.8 Å². The first kappa shape index (κ1) is 14.7. The van der Waals surface area contributed by atoms with Crippen LogP contribution in [-0.4, -0.2) is 47.2 Å². The Kier molecular flexibility index (Phi) is 5.76. The molecule has 0 fully saturated rings. The monoisotopic (exact) mass is 234 g/mol. The molecule has 0 aromatic carbocycles. The lowest BCUT2D eigenvalue weighted by Gasteiger charge is -2.19. The third-order valence-electron chi connectivity index (χ3n) is 1.27. The second kappa shape index (κ2) is 6.29. The Balaban J connectivity index is 3.72. The summed E-state index contributed by atoms with van der Waals surface area (Å²) in [6.07, 6.45) is -2.31. The van der Waals surface area contributed by atoms with Gasteiger partial charge in [0.25, 0.3) is 0 Å². The van der Waals surface area contributed by atoms with Gasteiger partial charge in [-0.15, -0.1) is 0 Å². The quantitative estimate of drug-likeness (QED) is 0.464. The lowest BCUT2D eigenvalue weighted by molar-refractivity contribution is -0.122. The van der Waals surface area contributed by atoms with E-state index in [0.717, 1.165) is 0 Å². The molecule has 0 bridgehead atoms. The van der Waals surface area contributed by atoms with Crippen molar-refractivity contribution in [3.63, 3.8) is 0 Å². The van der Waals surface area contributed by atoms with Gasteiger partial charge in [0.2, 0.25) is 5.91 Å². The van der Waals surface area contributed by atoms with E-state index < -0.39 is 23.9 Å². The first-order chi connectivity index (χ1) is 7.20. The molecule has 0 spiro atoms. The maximum absolute atomic E-state index is 11.1. The van der Waals surface area contributed by atoms with Crippen LogP contribution in [0.5, 0.6) is 0 Å². The molecule has 0 aliphatic rings. The van der Waals surface area contributed by atoms with Crippen molar-refractivity contribution >= 4 is 12.0 Å². The van der Waals surface area contributed by atoms with E-state index in [9.17, 15) is 9.59 Å². The van der Waals surface area contributed by atoms with Gasteiger partial charge < -0.3 is 25.6 Å². The van der Waals surface area contributed by atoms with Gasteiger partial charge in [-0.1, -0.05) is 0 Å². The normalized spacial score (nSPS) is 11.1. The Morgan fingerprint density at radius 1 is 1.25 bits per heavy atom. The van der Waals surface area contributed by atoms with Gasteiger partial charge >= 0.3 is 6.09 Å². The van der Waals surface area contributed by atoms with Gasteiger partial charge in [0, 0.05) is 0 Å². The molecular weight excluding hydrogens is 216 g/mol. The molecule has 7 heteroatoms. The van der Waals surface area contributed by atoms with Gasteiger partial charge in [-0.3, -0.25) is 4.79 Å². The summed E-state index contributed by atoms with van der Waals surface area (Å²) in [5.41, 5.74) is -0.623. The zero-order chi connectivity index (χ0) is 12.8. The molecule has 0 atom stereocenters. The summed E-state index contributed by atoms with van der Waals surface area (Å²) < 4.78 is 4.88. The Labute approximate surface area is 93.8 Å². The second-order valence-electron chi connectivity index (χ2n) is 4.14. The Bertz CT molecular complexity index is 247. The molecule has 0 rings (SSSR count). The highest BCUT2D eigenvalue weighted by Crippen LogP contribution is 2.05. The molecule has 7 nitrogen and oxygen atoms in total. The maximum atomic E-state index is 11.1. The summed E-state index contributed by atoms with van der Waals surface area (Å²) in [6.45, 7) is 4.55. The molecule has 0 radical (unpaired) electrons. The minimum Gasteiger partial charge on any atom is -0.444 e. The standard InChI is InChI=1S/C9H18N2O5/c1-9(2,3)16-8(15)11-4-6(12)10-5-7(13)14/h7,13-14H,4-5H2,1-3H3,(H,10,12)(H,11,15). The SMILES string of the molecule is CC(C)(C)OC(=O)NCC(=O)NCC(O)O. The fourth-order valence-electron chi connectivity index (χ4n) is 0.734. The van der Waals surface area contributed by atoms with Crippen molar-refractivity contribution in [3.8, 4) is 0 Å². The summed E-state index contributed by atoms with van der Waals surface area (Å²) in [5, 5.41) is 21.3. The number of alkyl carbamates (subject to hydrolysis) is 1. The molecule has 0 aromatic rings. The van der Waals surface area contributed by atoms with Crippen LogP contribution < -0.4 is 10.6 Å². The lowest BCUT2D eigenvalue weighted by atomic mass is 10.2. The number of ether oxygens (including phenoxy) is 1. The first-order valence-corrected chi connectivity index (χ1v) is 4.80. The van der Waals surface area contributed by atoms with Gasteiger partial charge in [-0.25, -0.2) is 4.79 Å². The summed E-state index contributed by atoms with van der Waals surface area (Å²) in [6, 6.07) is 0. The zero-order valence-corrected chi connectivity index (χ0v) is 9.61. The molecule has 94 valence electrons. The second-order valence-corrected chi connectivity index (χ2v) is 4.14. The average molecular weight is 234 g/mol. The van der Waals surface area contributed by atoms with Crippen molar-refractivity contribution in [2.24, 2.45) is 0 Å². The van der Waals surface area contributed by atoms with Crippen LogP contribution in [-0.2, 0) is 9.53 Å². The van der Waals surface area contributed by atoms with Crippen LogP contribution in [0, 0.1) is 0 Å². The van der Waals surface area contributed by atoms with Crippen molar-refractivity contribution in [1.82, 2.24) is 10.6 Å². The summed E-state index contributed by atoms with van der Waals surface area (Å²) in [4.78, 5) is 22.1. The van der Waals surface area contributed by atoms with Crippen molar-refractivity contribution in [3.05, 3.63) is 0 Å². The number of nitrogens with one attached hydrogen (secondary N) is 2. The number of hydrogen-bond donors (Lipinski definition) is 4. The van der Waals surface area contributed by atoms with Gasteiger partial charge in [-0.05, 0) is 20.8 Å². The van der Waals surface area contributed by atoms with Crippen LogP contribution >= 0.6 is 0 Å². The smallest absolute Gasteiger partial charge is 0.408 e. The van der Waals surface area contributed by atoms with Crippen LogP contribution in [0.2, 0.25) is 0 Å². The number of rotatable bonds is 4. The van der Waals surface area contributed by atoms with E-state index in [1.807, 2.05) is 0 Å². The Morgan fingerprint density at radius 2 is 1.81 bits per heavy atom. The Hall–Kier alpha value is -1.34. The fourth-order valence-corrected chi connectivity index (χ4v) is 0.734. The van der Waals surface area contributed by atoms with E-state index in [1.54, 1.807) is 20.8 Å². The summed E-state index contributed by atoms with van der Waals surface area (Å²) >= 11 is 0. The molecule has 0 aliphatic carbocycles. The number of hydrogen-bond acceptors (Lipinski definition) is 5. The van der Waals surface area contributed by atoms with Crippen LogP contribution in [0.15, 0.2) is 0 Å². The molecular formula is C9H18N2O5. The third-order valence-corrected chi connectivity index (χ3v) is 1.27. The van der Waals surface area contributed by atoms with Crippen molar-refractivity contribution in [1.29, 1.82) is 0 Å². The average Bonchev–Trinajstić information content (AvgIpc) is 2.08. The lowest BCUT2D eigenvalue weighted by Crippen LogP contribution is -2.41. The predicted molar refractivity (Wildman–Crippen MR) is 55.5 cm³/mol. The third kappa shape index (κ3) is 9.22. The zero-order valence-electron chi connectivity index (χ0n) is 9.61. The fraction of sp³-hybridized carbons (Fsp3) is 0.778. The molecule has 16 heavy (non-hydrogen) atoms. The minimum absolute atomic E-state index is 0.276.